The summed E-state index contributed by atoms with van der Waals surface area (Å²) >= 11 is 0. The van der Waals surface area contributed by atoms with Crippen molar-refractivity contribution in [2.75, 3.05) is 20.8 Å². The third-order valence-electron chi connectivity index (χ3n) is 6.55. The molecule has 0 bridgehead atoms. The summed E-state index contributed by atoms with van der Waals surface area (Å²) in [4.78, 5) is 12.6. The van der Waals surface area contributed by atoms with Gasteiger partial charge in [-0.05, 0) is 66.3 Å². The van der Waals surface area contributed by atoms with Crippen LogP contribution in [-0.4, -0.2) is 35.1 Å². The van der Waals surface area contributed by atoms with Crippen LogP contribution in [-0.2, 0) is 22.0 Å². The van der Waals surface area contributed by atoms with Crippen LogP contribution in [0.25, 0.3) is 11.1 Å². The number of sulfone groups is 1. The average molecular weight is 562 g/mol. The van der Waals surface area contributed by atoms with Gasteiger partial charge in [0.1, 0.15) is 27.8 Å². The third-order valence-corrected chi connectivity index (χ3v) is 8.25. The highest BCUT2D eigenvalue weighted by molar-refractivity contribution is 7.90. The number of amides is 1. The SMILES string of the molecule is COc1ccc(-c2cccc(C)c2)cc1S(=O)(=O)Cc1cccc(CCCNC(=O)c2c(F)cccc2OC)c1. The summed E-state index contributed by atoms with van der Waals surface area (Å²) in [5.41, 5.74) is 4.28. The molecule has 0 atom stereocenters. The van der Waals surface area contributed by atoms with Crippen molar-refractivity contribution in [3.8, 4) is 22.6 Å². The van der Waals surface area contributed by atoms with Crippen molar-refractivity contribution in [2.45, 2.75) is 30.4 Å². The molecular formula is C32H32FNO5S. The second-order valence-corrected chi connectivity index (χ2v) is 11.4. The fourth-order valence-corrected chi connectivity index (χ4v) is 6.11. The molecule has 0 radical (unpaired) electrons. The maximum absolute atomic E-state index is 14.1. The lowest BCUT2D eigenvalue weighted by molar-refractivity contribution is 0.0946. The molecule has 4 aromatic rings. The van der Waals surface area contributed by atoms with Crippen molar-refractivity contribution in [1.82, 2.24) is 5.32 Å². The number of hydrogen-bond donors (Lipinski definition) is 1. The van der Waals surface area contributed by atoms with E-state index in [-0.39, 0.29) is 22.0 Å². The Morgan fingerprint density at radius 3 is 2.27 bits per heavy atom. The highest BCUT2D eigenvalue weighted by atomic mass is 32.2. The van der Waals surface area contributed by atoms with Crippen LogP contribution in [0.5, 0.6) is 11.5 Å². The van der Waals surface area contributed by atoms with Crippen molar-refractivity contribution in [1.29, 1.82) is 0 Å². The molecule has 4 aromatic carbocycles. The fraction of sp³-hybridized carbons (Fsp3) is 0.219. The number of aryl methyl sites for hydroxylation is 2. The number of methoxy groups -OCH3 is 2. The van der Waals surface area contributed by atoms with Gasteiger partial charge in [-0.15, -0.1) is 0 Å². The number of hydrogen-bond acceptors (Lipinski definition) is 5. The summed E-state index contributed by atoms with van der Waals surface area (Å²) in [6, 6.07) is 24.7. The molecular weight excluding hydrogens is 529 g/mol. The monoisotopic (exact) mass is 561 g/mol. The topological polar surface area (TPSA) is 81.7 Å². The van der Waals surface area contributed by atoms with Crippen molar-refractivity contribution in [3.63, 3.8) is 0 Å². The first kappa shape index (κ1) is 28.8. The molecule has 0 unspecified atom stereocenters. The van der Waals surface area contributed by atoms with Crippen LogP contribution in [0.2, 0.25) is 0 Å². The third kappa shape index (κ3) is 6.87. The highest BCUT2D eigenvalue weighted by Crippen LogP contribution is 2.32. The molecule has 0 saturated carbocycles. The molecule has 0 aliphatic carbocycles. The molecule has 0 spiro atoms. The number of benzene rings is 4. The first-order valence-corrected chi connectivity index (χ1v) is 14.5. The average Bonchev–Trinajstić information content (AvgIpc) is 2.94. The lowest BCUT2D eigenvalue weighted by Gasteiger charge is -2.13. The summed E-state index contributed by atoms with van der Waals surface area (Å²) < 4.78 is 51.7. The predicted molar refractivity (Wildman–Crippen MR) is 154 cm³/mol. The molecule has 0 aliphatic heterocycles. The van der Waals surface area contributed by atoms with E-state index < -0.39 is 21.6 Å². The minimum atomic E-state index is -3.72. The lowest BCUT2D eigenvalue weighted by atomic mass is 10.0. The van der Waals surface area contributed by atoms with Crippen LogP contribution >= 0.6 is 0 Å². The van der Waals surface area contributed by atoms with E-state index in [1.807, 2.05) is 55.5 Å². The van der Waals surface area contributed by atoms with Crippen molar-refractivity contribution < 1.29 is 27.1 Å². The maximum atomic E-state index is 14.1. The summed E-state index contributed by atoms with van der Waals surface area (Å²) in [6.45, 7) is 2.31. The van der Waals surface area contributed by atoms with E-state index in [2.05, 4.69) is 5.32 Å². The highest BCUT2D eigenvalue weighted by Gasteiger charge is 2.22. The standard InChI is InChI=1S/C32H32FNO5S/c1-22-8-4-12-25(18-22)26-15-16-28(38-2)30(20-26)40(36,37)21-24-10-5-9-23(19-24)11-7-17-34-32(35)31-27(33)13-6-14-29(31)39-3/h4-6,8-10,12-16,18-20H,7,11,17,21H2,1-3H3,(H,34,35). The first-order valence-electron chi connectivity index (χ1n) is 12.9. The van der Waals surface area contributed by atoms with Gasteiger partial charge in [0.15, 0.2) is 9.84 Å². The molecule has 6 nitrogen and oxygen atoms in total. The molecule has 0 saturated heterocycles. The number of halogens is 1. The van der Waals surface area contributed by atoms with Gasteiger partial charge in [0.2, 0.25) is 0 Å². The van der Waals surface area contributed by atoms with Gasteiger partial charge < -0.3 is 14.8 Å². The summed E-state index contributed by atoms with van der Waals surface area (Å²) in [6.07, 6.45) is 1.19. The quantitative estimate of drug-likeness (QED) is 0.222. The fourth-order valence-electron chi connectivity index (χ4n) is 4.57. The molecule has 4 rings (SSSR count). The molecule has 0 aliphatic rings. The number of nitrogens with one attached hydrogen (secondary N) is 1. The van der Waals surface area contributed by atoms with Crippen LogP contribution in [0.4, 0.5) is 4.39 Å². The van der Waals surface area contributed by atoms with Gasteiger partial charge in [-0.25, -0.2) is 12.8 Å². The number of rotatable bonds is 11. The Kier molecular flexibility index (Phi) is 9.22. The summed E-state index contributed by atoms with van der Waals surface area (Å²) in [5, 5.41) is 2.73. The van der Waals surface area contributed by atoms with Crippen LogP contribution in [0.3, 0.4) is 0 Å². The van der Waals surface area contributed by atoms with E-state index >= 15 is 0 Å². The Bertz CT molecular complexity index is 1620. The van der Waals surface area contributed by atoms with Gasteiger partial charge in [-0.2, -0.15) is 0 Å². The van der Waals surface area contributed by atoms with E-state index in [0.717, 1.165) is 22.3 Å². The zero-order valence-corrected chi connectivity index (χ0v) is 23.6. The Morgan fingerprint density at radius 1 is 0.825 bits per heavy atom. The predicted octanol–water partition coefficient (Wildman–Crippen LogP) is 6.15. The van der Waals surface area contributed by atoms with Gasteiger partial charge >= 0.3 is 0 Å². The zero-order valence-electron chi connectivity index (χ0n) is 22.7. The molecule has 40 heavy (non-hydrogen) atoms. The Labute approximate surface area is 234 Å². The Balaban J connectivity index is 1.43. The Hall–Kier alpha value is -4.17. The van der Waals surface area contributed by atoms with E-state index in [4.69, 9.17) is 9.47 Å². The van der Waals surface area contributed by atoms with Gasteiger partial charge in [0.05, 0.1) is 20.0 Å². The van der Waals surface area contributed by atoms with E-state index in [1.54, 1.807) is 18.2 Å². The molecule has 0 aromatic heterocycles. The van der Waals surface area contributed by atoms with E-state index in [9.17, 15) is 17.6 Å². The van der Waals surface area contributed by atoms with E-state index in [0.29, 0.717) is 30.7 Å². The Morgan fingerprint density at radius 2 is 1.52 bits per heavy atom. The minimum Gasteiger partial charge on any atom is -0.496 e. The second-order valence-electron chi connectivity index (χ2n) is 9.49. The summed E-state index contributed by atoms with van der Waals surface area (Å²) in [7, 11) is -0.875. The molecule has 1 amide bonds. The van der Waals surface area contributed by atoms with Crippen LogP contribution in [0.15, 0.2) is 89.8 Å². The van der Waals surface area contributed by atoms with Gasteiger partial charge in [-0.3, -0.25) is 4.79 Å². The smallest absolute Gasteiger partial charge is 0.258 e. The number of carbonyl (C=O) groups excluding carboxylic acids is 1. The van der Waals surface area contributed by atoms with Gasteiger partial charge in [0.25, 0.3) is 5.91 Å². The minimum absolute atomic E-state index is 0.126. The van der Waals surface area contributed by atoms with Gasteiger partial charge in [-0.1, -0.05) is 66.2 Å². The maximum Gasteiger partial charge on any atom is 0.258 e. The number of carbonyl (C=O) groups is 1. The number of ether oxygens (including phenoxy) is 2. The van der Waals surface area contributed by atoms with Crippen molar-refractivity contribution >= 4 is 15.7 Å². The van der Waals surface area contributed by atoms with Crippen LogP contribution < -0.4 is 14.8 Å². The first-order chi connectivity index (χ1) is 19.2. The molecule has 8 heteroatoms. The van der Waals surface area contributed by atoms with Crippen LogP contribution in [0, 0.1) is 12.7 Å². The molecule has 0 heterocycles. The van der Waals surface area contributed by atoms with Crippen molar-refractivity contribution in [2.24, 2.45) is 0 Å². The molecule has 208 valence electrons. The van der Waals surface area contributed by atoms with Crippen LogP contribution in [0.1, 0.15) is 33.5 Å². The zero-order chi connectivity index (χ0) is 28.7. The summed E-state index contributed by atoms with van der Waals surface area (Å²) in [5.74, 6) is -0.899. The normalized spacial score (nSPS) is 11.2. The van der Waals surface area contributed by atoms with Gasteiger partial charge in [0, 0.05) is 6.54 Å². The van der Waals surface area contributed by atoms with E-state index in [1.165, 1.54) is 32.4 Å². The lowest BCUT2D eigenvalue weighted by Crippen LogP contribution is -2.26. The largest absolute Gasteiger partial charge is 0.496 e. The molecule has 0 fully saturated rings. The second kappa shape index (κ2) is 12.8. The molecule has 1 N–H and O–H groups in total. The van der Waals surface area contributed by atoms with Crippen molar-refractivity contribution in [3.05, 3.63) is 113 Å².